The minimum Gasteiger partial charge on any atom is -0.462 e. The lowest BCUT2D eigenvalue weighted by molar-refractivity contribution is 0.0474. The summed E-state index contributed by atoms with van der Waals surface area (Å²) in [5.74, 6) is -1.19. The Morgan fingerprint density at radius 3 is 2.32 bits per heavy atom. The summed E-state index contributed by atoms with van der Waals surface area (Å²) in [4.78, 5) is 28.4. The third kappa shape index (κ3) is 3.24. The molecule has 0 saturated heterocycles. The van der Waals surface area contributed by atoms with Crippen molar-refractivity contribution >= 4 is 22.8 Å². The van der Waals surface area contributed by atoms with Crippen molar-refractivity contribution in [2.75, 3.05) is 13.2 Å². The molecule has 1 heterocycles. The van der Waals surface area contributed by atoms with Crippen molar-refractivity contribution in [3.63, 3.8) is 0 Å². The third-order valence-corrected chi connectivity index (χ3v) is 3.25. The van der Waals surface area contributed by atoms with Gasteiger partial charge < -0.3 is 9.47 Å². The van der Waals surface area contributed by atoms with Crippen LogP contribution in [0.2, 0.25) is 0 Å². The van der Waals surface area contributed by atoms with Gasteiger partial charge in [0.15, 0.2) is 5.69 Å². The van der Waals surface area contributed by atoms with E-state index in [2.05, 4.69) is 4.98 Å². The first kappa shape index (κ1) is 15.9. The highest BCUT2D eigenvalue weighted by molar-refractivity contribution is 6.04. The predicted molar refractivity (Wildman–Crippen MR) is 83.0 cm³/mol. The number of hydrogen-bond donors (Lipinski definition) is 0. The van der Waals surface area contributed by atoms with E-state index in [1.54, 1.807) is 19.9 Å². The average Bonchev–Trinajstić information content (AvgIpc) is 2.53. The Bertz CT molecular complexity index is 709. The van der Waals surface area contributed by atoms with Gasteiger partial charge in [0.1, 0.15) is 0 Å². The Morgan fingerprint density at radius 2 is 1.68 bits per heavy atom. The molecule has 0 N–H and O–H groups in total. The maximum Gasteiger partial charge on any atom is 0.357 e. The Labute approximate surface area is 129 Å². The van der Waals surface area contributed by atoms with Crippen LogP contribution in [0.3, 0.4) is 0 Å². The predicted octanol–water partition coefficient (Wildman–Crippen LogP) is 3.15. The van der Waals surface area contributed by atoms with Crippen LogP contribution < -0.4 is 0 Å². The molecule has 0 bridgehead atoms. The number of benzene rings is 1. The number of aryl methyl sites for hydroxylation is 1. The molecular weight excluding hydrogens is 282 g/mol. The van der Waals surface area contributed by atoms with E-state index in [0.717, 1.165) is 17.4 Å². The van der Waals surface area contributed by atoms with Gasteiger partial charge in [-0.1, -0.05) is 13.0 Å². The molecule has 0 aliphatic rings. The molecule has 0 aliphatic heterocycles. The highest BCUT2D eigenvalue weighted by Crippen LogP contribution is 2.20. The summed E-state index contributed by atoms with van der Waals surface area (Å²) in [6, 6.07) is 7.39. The molecule has 1 aromatic heterocycles. The molecule has 5 nitrogen and oxygen atoms in total. The molecule has 5 heteroatoms. The zero-order valence-corrected chi connectivity index (χ0v) is 13.0. The van der Waals surface area contributed by atoms with Crippen LogP contribution in [0.5, 0.6) is 0 Å². The standard InChI is InChI=1S/C17H19NO4/c1-4-11-7-8-14-12(9-11)10-13(16(19)21-5-2)15(18-14)17(20)22-6-3/h7-10H,4-6H2,1-3H3. The first-order chi connectivity index (χ1) is 10.6. The van der Waals surface area contributed by atoms with Gasteiger partial charge in [-0.15, -0.1) is 0 Å². The van der Waals surface area contributed by atoms with Gasteiger partial charge in [-0.05, 0) is 44.0 Å². The largest absolute Gasteiger partial charge is 0.462 e. The fourth-order valence-electron chi connectivity index (χ4n) is 2.17. The number of aromatic nitrogens is 1. The van der Waals surface area contributed by atoms with Crippen LogP contribution in [0.25, 0.3) is 10.9 Å². The van der Waals surface area contributed by atoms with E-state index in [1.165, 1.54) is 0 Å². The van der Waals surface area contributed by atoms with Crippen LogP contribution in [0.15, 0.2) is 24.3 Å². The van der Waals surface area contributed by atoms with Gasteiger partial charge in [-0.3, -0.25) is 0 Å². The first-order valence-corrected chi connectivity index (χ1v) is 7.38. The van der Waals surface area contributed by atoms with E-state index < -0.39 is 11.9 Å². The molecule has 2 aromatic rings. The van der Waals surface area contributed by atoms with Crippen molar-refractivity contribution in [1.82, 2.24) is 4.98 Å². The van der Waals surface area contributed by atoms with Gasteiger partial charge >= 0.3 is 11.9 Å². The number of pyridine rings is 1. The monoisotopic (exact) mass is 301 g/mol. The molecule has 0 spiro atoms. The van der Waals surface area contributed by atoms with Gasteiger partial charge in [0.05, 0.1) is 24.3 Å². The third-order valence-electron chi connectivity index (χ3n) is 3.25. The Hall–Kier alpha value is -2.43. The van der Waals surface area contributed by atoms with Gasteiger partial charge in [0.25, 0.3) is 0 Å². The lowest BCUT2D eigenvalue weighted by Crippen LogP contribution is -2.16. The first-order valence-electron chi connectivity index (χ1n) is 7.38. The van der Waals surface area contributed by atoms with Crippen molar-refractivity contribution in [2.24, 2.45) is 0 Å². The Balaban J connectivity index is 2.61. The molecular formula is C17H19NO4. The van der Waals surface area contributed by atoms with E-state index >= 15 is 0 Å². The summed E-state index contributed by atoms with van der Waals surface area (Å²) in [5.41, 5.74) is 1.92. The highest BCUT2D eigenvalue weighted by Gasteiger charge is 2.22. The zero-order chi connectivity index (χ0) is 16.1. The fraction of sp³-hybridized carbons (Fsp3) is 0.353. The smallest absolute Gasteiger partial charge is 0.357 e. The maximum absolute atomic E-state index is 12.1. The van der Waals surface area contributed by atoms with Crippen molar-refractivity contribution in [3.8, 4) is 0 Å². The quantitative estimate of drug-likeness (QED) is 0.794. The van der Waals surface area contributed by atoms with Crippen molar-refractivity contribution in [2.45, 2.75) is 27.2 Å². The second kappa shape index (κ2) is 7.02. The number of carbonyl (C=O) groups is 2. The number of fused-ring (bicyclic) bond motifs is 1. The molecule has 0 unspecified atom stereocenters. The van der Waals surface area contributed by atoms with Crippen LogP contribution in [0.4, 0.5) is 0 Å². The summed E-state index contributed by atoms with van der Waals surface area (Å²) in [6.07, 6.45) is 0.879. The highest BCUT2D eigenvalue weighted by atomic mass is 16.5. The molecule has 0 fully saturated rings. The van der Waals surface area contributed by atoms with Gasteiger partial charge in [-0.25, -0.2) is 14.6 Å². The minimum atomic E-state index is -0.618. The van der Waals surface area contributed by atoms with Crippen molar-refractivity contribution in [3.05, 3.63) is 41.1 Å². The number of carbonyl (C=O) groups excluding carboxylic acids is 2. The summed E-state index contributed by atoms with van der Waals surface area (Å²) in [7, 11) is 0. The lowest BCUT2D eigenvalue weighted by Gasteiger charge is -2.10. The minimum absolute atomic E-state index is 0.00273. The Kier molecular flexibility index (Phi) is 5.09. The number of rotatable bonds is 5. The number of hydrogen-bond acceptors (Lipinski definition) is 5. The molecule has 0 amide bonds. The SMILES string of the molecule is CCOC(=O)c1cc2cc(CC)ccc2nc1C(=O)OCC. The van der Waals surface area contributed by atoms with Crippen LogP contribution in [0, 0.1) is 0 Å². The lowest BCUT2D eigenvalue weighted by atomic mass is 10.1. The summed E-state index contributed by atoms with van der Waals surface area (Å²) >= 11 is 0. The molecule has 1 aromatic carbocycles. The van der Waals surface area contributed by atoms with E-state index in [9.17, 15) is 9.59 Å². The maximum atomic E-state index is 12.1. The van der Waals surface area contributed by atoms with E-state index in [0.29, 0.717) is 5.52 Å². The second-order valence-electron chi connectivity index (χ2n) is 4.71. The molecule has 116 valence electrons. The average molecular weight is 301 g/mol. The van der Waals surface area contributed by atoms with Crippen LogP contribution in [0.1, 0.15) is 47.2 Å². The van der Waals surface area contributed by atoms with E-state index in [4.69, 9.17) is 9.47 Å². The summed E-state index contributed by atoms with van der Waals surface area (Å²) < 4.78 is 10.00. The molecule has 0 radical (unpaired) electrons. The second-order valence-corrected chi connectivity index (χ2v) is 4.71. The summed E-state index contributed by atoms with van der Waals surface area (Å²) in [5, 5.41) is 0.801. The zero-order valence-electron chi connectivity index (χ0n) is 13.0. The van der Waals surface area contributed by atoms with E-state index in [-0.39, 0.29) is 24.5 Å². The number of esters is 2. The normalized spacial score (nSPS) is 10.5. The molecule has 0 saturated carbocycles. The van der Waals surface area contributed by atoms with Crippen molar-refractivity contribution in [1.29, 1.82) is 0 Å². The number of nitrogens with zero attached hydrogens (tertiary/aromatic N) is 1. The topological polar surface area (TPSA) is 65.5 Å². The summed E-state index contributed by atoms with van der Waals surface area (Å²) in [6.45, 7) is 5.92. The molecule has 22 heavy (non-hydrogen) atoms. The van der Waals surface area contributed by atoms with E-state index in [1.807, 2.05) is 25.1 Å². The molecule has 2 rings (SSSR count). The fourth-order valence-corrected chi connectivity index (χ4v) is 2.17. The van der Waals surface area contributed by atoms with Gasteiger partial charge in [0.2, 0.25) is 0 Å². The number of ether oxygens (including phenoxy) is 2. The molecule has 0 atom stereocenters. The van der Waals surface area contributed by atoms with Gasteiger partial charge in [-0.2, -0.15) is 0 Å². The van der Waals surface area contributed by atoms with Crippen LogP contribution in [-0.4, -0.2) is 30.1 Å². The van der Waals surface area contributed by atoms with Crippen LogP contribution >= 0.6 is 0 Å². The molecule has 0 aliphatic carbocycles. The van der Waals surface area contributed by atoms with Crippen molar-refractivity contribution < 1.29 is 19.1 Å². The van der Waals surface area contributed by atoms with Gasteiger partial charge in [0, 0.05) is 5.39 Å². The Morgan fingerprint density at radius 1 is 1.00 bits per heavy atom. The van der Waals surface area contributed by atoms with Crippen LogP contribution in [-0.2, 0) is 15.9 Å².